The number of para-hydroxylation sites is 1. The van der Waals surface area contributed by atoms with Crippen molar-refractivity contribution in [3.05, 3.63) is 65.5 Å². The molecule has 0 radical (unpaired) electrons. The number of allylic oxidation sites excluding steroid dienone is 1. The van der Waals surface area contributed by atoms with Gasteiger partial charge in [-0.2, -0.15) is 0 Å². The van der Waals surface area contributed by atoms with Crippen LogP contribution in [0.2, 0.25) is 0 Å². The number of aliphatic imine (C=N–C) groups is 1. The summed E-state index contributed by atoms with van der Waals surface area (Å²) in [4.78, 5) is 12.4. The molecule has 12 nitrogen and oxygen atoms in total. The second-order valence-corrected chi connectivity index (χ2v) is 9.77. The van der Waals surface area contributed by atoms with E-state index in [1.54, 1.807) is 24.5 Å². The molecule has 0 aliphatic carbocycles. The van der Waals surface area contributed by atoms with E-state index in [4.69, 9.17) is 9.47 Å². The molecule has 2 aromatic heterocycles. The Morgan fingerprint density at radius 2 is 1.92 bits per heavy atom. The molecular formula is C23H23N7O5S. The number of nitrogens with zero attached hydrogens (tertiary/aromatic N) is 6. The number of benzene rings is 1. The van der Waals surface area contributed by atoms with Crippen LogP contribution < -0.4 is 9.46 Å². The normalized spacial score (nSPS) is 14.4. The number of aryl methyl sites for hydroxylation is 1. The van der Waals surface area contributed by atoms with Crippen molar-refractivity contribution >= 4 is 27.8 Å². The van der Waals surface area contributed by atoms with Crippen molar-refractivity contribution in [2.75, 3.05) is 18.9 Å². The SMILES string of the molecule is COc1cccc(O)c1-n1c(NS(=O)(=O)[C@@H](C)[C@H](OC)c2ncc(C)cn2)nnc1C1=C=C=CN=C1. The van der Waals surface area contributed by atoms with Crippen LogP contribution in [0.25, 0.3) is 11.3 Å². The molecule has 2 atom stereocenters. The summed E-state index contributed by atoms with van der Waals surface area (Å²) >= 11 is 0. The van der Waals surface area contributed by atoms with Gasteiger partial charge in [-0.25, -0.2) is 18.4 Å². The lowest BCUT2D eigenvalue weighted by Gasteiger charge is -2.22. The quantitative estimate of drug-likeness (QED) is 0.414. The Hall–Kier alpha value is -4.28. The van der Waals surface area contributed by atoms with Gasteiger partial charge in [0.1, 0.15) is 28.5 Å². The molecule has 0 saturated heterocycles. The Morgan fingerprint density at radius 3 is 2.56 bits per heavy atom. The second-order valence-electron chi connectivity index (χ2n) is 7.73. The van der Waals surface area contributed by atoms with Crippen molar-refractivity contribution in [1.29, 1.82) is 0 Å². The number of hydrogen-bond donors (Lipinski definition) is 2. The van der Waals surface area contributed by atoms with E-state index in [0.29, 0.717) is 5.57 Å². The molecule has 1 aliphatic rings. The fourth-order valence-electron chi connectivity index (χ4n) is 3.48. The standard InChI is InChI=1S/C23H23N7O5S/c1-14-11-25-21(26-12-14)20(35-4)15(2)36(32,33)29-23-28-27-22(16-7-6-10-24-13-16)30(23)19-17(31)8-5-9-18(19)34-3/h5,8-13,15,20,31H,1-4H3,(H,28,29)/t15-,20-/m0/s1. The van der Waals surface area contributed by atoms with Crippen LogP contribution in [0.4, 0.5) is 5.95 Å². The maximum absolute atomic E-state index is 13.5. The molecule has 0 bridgehead atoms. The minimum atomic E-state index is -4.15. The molecule has 1 aromatic carbocycles. The maximum Gasteiger partial charge on any atom is 0.243 e. The van der Waals surface area contributed by atoms with Crippen LogP contribution in [0.1, 0.15) is 30.2 Å². The van der Waals surface area contributed by atoms with Crippen LogP contribution in [0.15, 0.2) is 53.2 Å². The van der Waals surface area contributed by atoms with Gasteiger partial charge in [0.15, 0.2) is 11.6 Å². The number of aromatic hydroxyl groups is 1. The summed E-state index contributed by atoms with van der Waals surface area (Å²) in [5, 5.41) is 17.7. The van der Waals surface area contributed by atoms with Crippen molar-refractivity contribution in [3.63, 3.8) is 0 Å². The average Bonchev–Trinajstić information content (AvgIpc) is 3.28. The van der Waals surface area contributed by atoms with E-state index in [1.165, 1.54) is 44.2 Å². The third kappa shape index (κ3) is 4.77. The van der Waals surface area contributed by atoms with Gasteiger partial charge >= 0.3 is 0 Å². The fourth-order valence-corrected chi connectivity index (χ4v) is 4.61. The van der Waals surface area contributed by atoms with Crippen molar-refractivity contribution in [2.24, 2.45) is 4.99 Å². The number of phenolic OH excluding ortho intramolecular Hbond substituents is 1. The van der Waals surface area contributed by atoms with Gasteiger partial charge in [-0.1, -0.05) is 11.8 Å². The number of rotatable bonds is 9. The summed E-state index contributed by atoms with van der Waals surface area (Å²) in [5.74, 6) is 0.217. The number of nitrogens with one attached hydrogen (secondary N) is 1. The smallest absolute Gasteiger partial charge is 0.243 e. The van der Waals surface area contributed by atoms with Crippen LogP contribution in [0.5, 0.6) is 11.5 Å². The lowest BCUT2D eigenvalue weighted by atomic mass is 10.2. The highest BCUT2D eigenvalue weighted by atomic mass is 32.2. The van der Waals surface area contributed by atoms with Crippen molar-refractivity contribution in [3.8, 4) is 17.2 Å². The van der Waals surface area contributed by atoms with E-state index in [9.17, 15) is 13.5 Å². The molecule has 0 amide bonds. The molecule has 0 fully saturated rings. The number of phenols is 1. The first-order chi connectivity index (χ1) is 17.3. The van der Waals surface area contributed by atoms with Crippen molar-refractivity contribution < 1.29 is 23.0 Å². The molecule has 0 spiro atoms. The van der Waals surface area contributed by atoms with Gasteiger partial charge in [-0.05, 0) is 37.3 Å². The van der Waals surface area contributed by atoms with E-state index in [0.717, 1.165) is 5.56 Å². The van der Waals surface area contributed by atoms with Gasteiger partial charge in [0.25, 0.3) is 0 Å². The molecule has 2 N–H and O–H groups in total. The Morgan fingerprint density at radius 1 is 1.17 bits per heavy atom. The molecule has 186 valence electrons. The van der Waals surface area contributed by atoms with E-state index in [2.05, 4.69) is 41.3 Å². The van der Waals surface area contributed by atoms with E-state index in [1.807, 2.05) is 6.92 Å². The Balaban J connectivity index is 1.81. The highest BCUT2D eigenvalue weighted by molar-refractivity contribution is 7.93. The Bertz CT molecular complexity index is 1520. The van der Waals surface area contributed by atoms with Crippen molar-refractivity contribution in [2.45, 2.75) is 25.2 Å². The number of sulfonamides is 1. The summed E-state index contributed by atoms with van der Waals surface area (Å²) in [6.07, 6.45) is 5.06. The summed E-state index contributed by atoms with van der Waals surface area (Å²) in [6, 6.07) is 4.62. The largest absolute Gasteiger partial charge is 0.506 e. The average molecular weight is 510 g/mol. The lowest BCUT2D eigenvalue weighted by Crippen LogP contribution is -2.33. The minimum Gasteiger partial charge on any atom is -0.506 e. The topological polar surface area (TPSA) is 154 Å². The predicted octanol–water partition coefficient (Wildman–Crippen LogP) is 2.33. The lowest BCUT2D eigenvalue weighted by molar-refractivity contribution is 0.0949. The summed E-state index contributed by atoms with van der Waals surface area (Å²) in [5.41, 5.74) is 6.88. The zero-order valence-electron chi connectivity index (χ0n) is 19.9. The van der Waals surface area contributed by atoms with Crippen LogP contribution in [0.3, 0.4) is 0 Å². The van der Waals surface area contributed by atoms with Crippen LogP contribution in [-0.2, 0) is 14.8 Å². The van der Waals surface area contributed by atoms with E-state index in [-0.39, 0.29) is 34.8 Å². The summed E-state index contributed by atoms with van der Waals surface area (Å²) in [6.45, 7) is 3.29. The second kappa shape index (κ2) is 10.1. The molecule has 36 heavy (non-hydrogen) atoms. The van der Waals surface area contributed by atoms with E-state index < -0.39 is 21.4 Å². The molecule has 13 heteroatoms. The maximum atomic E-state index is 13.5. The van der Waals surface area contributed by atoms with Crippen molar-refractivity contribution in [1.82, 2.24) is 24.7 Å². The molecule has 3 aromatic rings. The van der Waals surface area contributed by atoms with Crippen LogP contribution in [-0.4, -0.2) is 63.9 Å². The fraction of sp³-hybridized carbons (Fsp3) is 0.261. The number of ether oxygens (including phenoxy) is 2. The Kier molecular flexibility index (Phi) is 7.00. The molecule has 4 rings (SSSR count). The molecular weight excluding hydrogens is 486 g/mol. The number of anilines is 1. The molecule has 3 heterocycles. The van der Waals surface area contributed by atoms with E-state index >= 15 is 0 Å². The highest BCUT2D eigenvalue weighted by Gasteiger charge is 2.35. The molecule has 0 saturated carbocycles. The third-order valence-corrected chi connectivity index (χ3v) is 7.03. The van der Waals surface area contributed by atoms with Gasteiger partial charge in [0.05, 0.1) is 18.9 Å². The van der Waals surface area contributed by atoms with Crippen LogP contribution in [0, 0.1) is 6.92 Å². The first-order valence-electron chi connectivity index (χ1n) is 10.6. The van der Waals surface area contributed by atoms with Gasteiger partial charge in [0, 0.05) is 25.7 Å². The molecule has 0 unspecified atom stereocenters. The highest BCUT2D eigenvalue weighted by Crippen LogP contribution is 2.36. The van der Waals surface area contributed by atoms with Gasteiger partial charge < -0.3 is 14.6 Å². The zero-order chi connectivity index (χ0) is 25.9. The van der Waals surface area contributed by atoms with Crippen LogP contribution >= 0.6 is 0 Å². The third-order valence-electron chi connectivity index (χ3n) is 5.33. The predicted molar refractivity (Wildman–Crippen MR) is 132 cm³/mol. The number of aromatic nitrogens is 5. The first kappa shape index (κ1) is 24.8. The monoisotopic (exact) mass is 509 g/mol. The summed E-state index contributed by atoms with van der Waals surface area (Å²) in [7, 11) is -1.35. The first-order valence-corrected chi connectivity index (χ1v) is 12.2. The van der Waals surface area contributed by atoms with Gasteiger partial charge in [-0.15, -0.1) is 10.2 Å². The molecule has 1 aliphatic heterocycles. The Labute approximate surface area is 207 Å². The zero-order valence-corrected chi connectivity index (χ0v) is 20.7. The number of hydrogen-bond acceptors (Lipinski definition) is 10. The summed E-state index contributed by atoms with van der Waals surface area (Å²) < 4.78 is 41.6. The number of methoxy groups -OCH3 is 2. The van der Waals surface area contributed by atoms with Gasteiger partial charge in [-0.3, -0.25) is 14.3 Å². The minimum absolute atomic E-state index is 0.118. The van der Waals surface area contributed by atoms with Gasteiger partial charge in [0.2, 0.25) is 16.0 Å².